The van der Waals surface area contributed by atoms with Gasteiger partial charge in [0.25, 0.3) is 0 Å². The summed E-state index contributed by atoms with van der Waals surface area (Å²) in [5.74, 6) is 0. The standard InChI is InChI=1S/C61H41N/c1-3-20-47(21-4-1)61(48-22-5-2-6-23-48)58-29-15-13-27-54(58)55-38-37-50(41-59(55)61)62(49-35-33-43(34-36-49)45-32-31-42-17-7-8-18-44(42)39-45)60-30-16-14-28-56(60)57-40-46-19-9-10-24-51(46)52-25-11-12-26-53(52)57/h1-41H. The molecule has 11 aromatic rings. The third-order valence-electron chi connectivity index (χ3n) is 13.1. The van der Waals surface area contributed by atoms with Crippen molar-refractivity contribution in [3.63, 3.8) is 0 Å². The van der Waals surface area contributed by atoms with Gasteiger partial charge >= 0.3 is 0 Å². The molecule has 0 amide bonds. The van der Waals surface area contributed by atoms with E-state index < -0.39 is 5.41 Å². The van der Waals surface area contributed by atoms with Crippen LogP contribution in [0.2, 0.25) is 0 Å². The number of anilines is 3. The lowest BCUT2D eigenvalue weighted by molar-refractivity contribution is 0.768. The minimum Gasteiger partial charge on any atom is -0.310 e. The van der Waals surface area contributed by atoms with Crippen LogP contribution in [0.15, 0.2) is 249 Å². The fourth-order valence-corrected chi connectivity index (χ4v) is 10.3. The molecule has 1 aliphatic carbocycles. The van der Waals surface area contributed by atoms with Gasteiger partial charge in [0.15, 0.2) is 0 Å². The van der Waals surface area contributed by atoms with E-state index in [1.807, 2.05) is 0 Å². The van der Waals surface area contributed by atoms with Crippen LogP contribution in [-0.4, -0.2) is 0 Å². The van der Waals surface area contributed by atoms with Crippen molar-refractivity contribution >= 4 is 49.4 Å². The molecule has 0 saturated carbocycles. The summed E-state index contributed by atoms with van der Waals surface area (Å²) in [5.41, 5.74) is 15.2. The number of fused-ring (bicyclic) bond motifs is 7. The van der Waals surface area contributed by atoms with Crippen molar-refractivity contribution < 1.29 is 0 Å². The van der Waals surface area contributed by atoms with Gasteiger partial charge in [-0.1, -0.05) is 206 Å². The lowest BCUT2D eigenvalue weighted by Gasteiger charge is -2.35. The van der Waals surface area contributed by atoms with Crippen molar-refractivity contribution in [1.29, 1.82) is 0 Å². The third-order valence-corrected chi connectivity index (χ3v) is 13.1. The van der Waals surface area contributed by atoms with Crippen molar-refractivity contribution in [1.82, 2.24) is 0 Å². The van der Waals surface area contributed by atoms with Gasteiger partial charge in [-0.2, -0.15) is 0 Å². The van der Waals surface area contributed by atoms with Crippen molar-refractivity contribution in [3.05, 3.63) is 271 Å². The van der Waals surface area contributed by atoms with Gasteiger partial charge in [-0.15, -0.1) is 0 Å². The van der Waals surface area contributed by atoms with Gasteiger partial charge in [0.1, 0.15) is 0 Å². The van der Waals surface area contributed by atoms with Crippen molar-refractivity contribution in [3.8, 4) is 33.4 Å². The van der Waals surface area contributed by atoms with Gasteiger partial charge < -0.3 is 4.90 Å². The predicted molar refractivity (Wildman–Crippen MR) is 262 cm³/mol. The molecule has 0 atom stereocenters. The first-order valence-electron chi connectivity index (χ1n) is 21.5. The monoisotopic (exact) mass is 787 g/mol. The molecule has 0 N–H and O–H groups in total. The van der Waals surface area contributed by atoms with Gasteiger partial charge in [0.05, 0.1) is 11.1 Å². The molecule has 0 radical (unpaired) electrons. The average Bonchev–Trinajstić information content (AvgIpc) is 3.65. The van der Waals surface area contributed by atoms with Crippen LogP contribution < -0.4 is 4.90 Å². The summed E-state index contributed by atoms with van der Waals surface area (Å²) in [5, 5.41) is 7.48. The summed E-state index contributed by atoms with van der Waals surface area (Å²) in [6.45, 7) is 0. The smallest absolute Gasteiger partial charge is 0.0714 e. The molecular formula is C61H41N. The highest BCUT2D eigenvalue weighted by Gasteiger charge is 2.46. The van der Waals surface area contributed by atoms with Crippen LogP contribution in [-0.2, 0) is 5.41 Å². The minimum atomic E-state index is -0.524. The molecule has 1 heteroatoms. The molecule has 0 aromatic heterocycles. The Morgan fingerprint density at radius 1 is 0.274 bits per heavy atom. The zero-order chi connectivity index (χ0) is 41.0. The highest BCUT2D eigenvalue weighted by atomic mass is 15.1. The van der Waals surface area contributed by atoms with E-state index >= 15 is 0 Å². The summed E-state index contributed by atoms with van der Waals surface area (Å²) in [7, 11) is 0. The van der Waals surface area contributed by atoms with Gasteiger partial charge in [0.2, 0.25) is 0 Å². The lowest BCUT2D eigenvalue weighted by Crippen LogP contribution is -2.28. The van der Waals surface area contributed by atoms with Gasteiger partial charge in [-0.25, -0.2) is 0 Å². The number of hydrogen-bond acceptors (Lipinski definition) is 1. The van der Waals surface area contributed by atoms with Crippen LogP contribution in [0, 0.1) is 0 Å². The SMILES string of the molecule is c1ccc(C2(c3ccccc3)c3ccccc3-c3ccc(N(c4ccc(-c5ccc6ccccc6c5)cc4)c4ccccc4-c4cc5ccccc5c5ccccc45)cc32)cc1. The predicted octanol–water partition coefficient (Wildman–Crippen LogP) is 16.3. The molecule has 0 heterocycles. The van der Waals surface area contributed by atoms with E-state index in [4.69, 9.17) is 0 Å². The quantitative estimate of drug-likeness (QED) is 0.145. The zero-order valence-corrected chi connectivity index (χ0v) is 34.1. The van der Waals surface area contributed by atoms with Gasteiger partial charge in [-0.05, 0) is 125 Å². The topological polar surface area (TPSA) is 3.24 Å². The lowest BCUT2D eigenvalue weighted by atomic mass is 9.67. The first-order valence-corrected chi connectivity index (χ1v) is 21.5. The summed E-state index contributed by atoms with van der Waals surface area (Å²) < 4.78 is 0. The largest absolute Gasteiger partial charge is 0.310 e. The minimum absolute atomic E-state index is 0.524. The Bertz CT molecular complexity index is 3420. The Kier molecular flexibility index (Phi) is 8.47. The summed E-state index contributed by atoms with van der Waals surface area (Å²) in [4.78, 5) is 2.48. The maximum absolute atomic E-state index is 2.48. The van der Waals surface area contributed by atoms with Crippen molar-refractivity contribution in [2.75, 3.05) is 4.90 Å². The second kappa shape index (κ2) is 14.6. The van der Waals surface area contributed by atoms with Crippen LogP contribution >= 0.6 is 0 Å². The van der Waals surface area contributed by atoms with E-state index in [0.29, 0.717) is 0 Å². The maximum Gasteiger partial charge on any atom is 0.0714 e. The highest BCUT2D eigenvalue weighted by Crippen LogP contribution is 2.57. The Labute approximate surface area is 362 Å². The number of rotatable bonds is 7. The van der Waals surface area contributed by atoms with E-state index in [1.54, 1.807) is 0 Å². The van der Waals surface area contributed by atoms with E-state index in [-0.39, 0.29) is 0 Å². The first-order chi connectivity index (χ1) is 30.8. The first kappa shape index (κ1) is 35.9. The van der Waals surface area contributed by atoms with Crippen molar-refractivity contribution in [2.24, 2.45) is 0 Å². The molecule has 12 rings (SSSR count). The normalized spacial score (nSPS) is 12.6. The van der Waals surface area contributed by atoms with Gasteiger partial charge in [0, 0.05) is 16.9 Å². The summed E-state index contributed by atoms with van der Waals surface area (Å²) in [6, 6.07) is 91.8. The van der Waals surface area contributed by atoms with Crippen LogP contribution in [0.4, 0.5) is 17.1 Å². The van der Waals surface area contributed by atoms with Crippen LogP contribution in [0.1, 0.15) is 22.3 Å². The highest BCUT2D eigenvalue weighted by molar-refractivity contribution is 6.15. The van der Waals surface area contributed by atoms with Crippen LogP contribution in [0.25, 0.3) is 65.7 Å². The van der Waals surface area contributed by atoms with Crippen LogP contribution in [0.5, 0.6) is 0 Å². The van der Waals surface area contributed by atoms with Crippen LogP contribution in [0.3, 0.4) is 0 Å². The zero-order valence-electron chi connectivity index (χ0n) is 34.1. The maximum atomic E-state index is 2.48. The van der Waals surface area contributed by atoms with Crippen molar-refractivity contribution in [2.45, 2.75) is 5.41 Å². The van der Waals surface area contributed by atoms with E-state index in [2.05, 4.69) is 254 Å². The second-order valence-electron chi connectivity index (χ2n) is 16.4. The fraction of sp³-hybridized carbons (Fsp3) is 0.0164. The molecule has 0 saturated heterocycles. The second-order valence-corrected chi connectivity index (χ2v) is 16.4. The molecule has 0 fully saturated rings. The number of nitrogens with zero attached hydrogens (tertiary/aromatic N) is 1. The van der Waals surface area contributed by atoms with E-state index in [0.717, 1.165) is 17.1 Å². The Morgan fingerprint density at radius 3 is 1.58 bits per heavy atom. The molecule has 62 heavy (non-hydrogen) atoms. The summed E-state index contributed by atoms with van der Waals surface area (Å²) in [6.07, 6.45) is 0. The fourth-order valence-electron chi connectivity index (χ4n) is 10.3. The molecule has 0 spiro atoms. The molecule has 0 unspecified atom stereocenters. The molecule has 0 aliphatic heterocycles. The Balaban J connectivity index is 1.11. The number of benzene rings is 11. The summed E-state index contributed by atoms with van der Waals surface area (Å²) >= 11 is 0. The van der Waals surface area contributed by atoms with E-state index in [1.165, 1.54) is 88.0 Å². The Hall–Kier alpha value is -8.00. The Morgan fingerprint density at radius 2 is 0.823 bits per heavy atom. The molecular weight excluding hydrogens is 747 g/mol. The molecule has 1 aliphatic rings. The molecule has 1 nitrogen and oxygen atoms in total. The molecule has 290 valence electrons. The molecule has 0 bridgehead atoms. The molecule has 11 aromatic carbocycles. The number of hydrogen-bond donors (Lipinski definition) is 0. The average molecular weight is 788 g/mol. The number of para-hydroxylation sites is 1. The van der Waals surface area contributed by atoms with E-state index in [9.17, 15) is 0 Å². The third kappa shape index (κ3) is 5.63. The van der Waals surface area contributed by atoms with Gasteiger partial charge in [-0.3, -0.25) is 0 Å².